The third-order valence-electron chi connectivity index (χ3n) is 7.13. The van der Waals surface area contributed by atoms with Gasteiger partial charge in [-0.1, -0.05) is 11.3 Å². The Hall–Kier alpha value is -2.76. The summed E-state index contributed by atoms with van der Waals surface area (Å²) in [6.45, 7) is 6.64. The van der Waals surface area contributed by atoms with Crippen LogP contribution in [0.25, 0.3) is 0 Å². The van der Waals surface area contributed by atoms with E-state index in [1.165, 1.54) is 11.3 Å². The highest BCUT2D eigenvalue weighted by molar-refractivity contribution is 7.17. The molecule has 5 N–H and O–H groups in total. The van der Waals surface area contributed by atoms with E-state index in [0.29, 0.717) is 53.3 Å². The monoisotopic (exact) mass is 515 g/mol. The van der Waals surface area contributed by atoms with E-state index in [1.54, 1.807) is 19.9 Å². The highest BCUT2D eigenvalue weighted by Gasteiger charge is 2.54. The Kier molecular flexibility index (Phi) is 6.42. The Morgan fingerprint density at radius 1 is 1.31 bits per heavy atom. The summed E-state index contributed by atoms with van der Waals surface area (Å²) in [5.74, 6) is -0.341. The summed E-state index contributed by atoms with van der Waals surface area (Å²) in [5.41, 5.74) is 7.65. The van der Waals surface area contributed by atoms with Crippen molar-refractivity contribution in [2.24, 2.45) is 11.1 Å². The number of aromatic nitrogens is 2. The molecule has 0 aromatic carbocycles. The van der Waals surface area contributed by atoms with Crippen LogP contribution in [0, 0.1) is 12.3 Å². The van der Waals surface area contributed by atoms with Gasteiger partial charge in [-0.15, -0.1) is 0 Å². The largest absolute Gasteiger partial charge is 0.474 e. The summed E-state index contributed by atoms with van der Waals surface area (Å²) in [4.78, 5) is 34.4. The van der Waals surface area contributed by atoms with Gasteiger partial charge in [-0.05, 0) is 57.9 Å². The third kappa shape index (κ3) is 5.18. The molecule has 5 rings (SSSR count). The van der Waals surface area contributed by atoms with Crippen molar-refractivity contribution in [3.63, 3.8) is 0 Å². The van der Waals surface area contributed by atoms with Crippen molar-refractivity contribution in [3.05, 3.63) is 33.5 Å². The molecule has 2 saturated carbocycles. The lowest BCUT2D eigenvalue weighted by molar-refractivity contribution is -0.0849. The van der Waals surface area contributed by atoms with Crippen molar-refractivity contribution in [2.45, 2.75) is 77.2 Å². The van der Waals surface area contributed by atoms with Crippen molar-refractivity contribution in [3.8, 4) is 5.88 Å². The fraction of sp³-hybridized carbons (Fsp3) is 0.600. The highest BCUT2D eigenvalue weighted by Crippen LogP contribution is 2.57. The maximum Gasteiger partial charge on any atom is 0.263 e. The standard InChI is InChI=1S/C25H33N5O5S/c1-13-19(36-23(28-13)27-12-24(2,3)33)21(32)29-15-7-25(8-15)9-16(10-25)35-22-17(20(26)31)6-14-11-34-5-4-18(14)30-22/h6,15-16,33H,4-5,7-12H2,1-3H3,(H2,26,31)(H,27,28)(H,29,32)/t15-,16-,25?. The average molecular weight is 516 g/mol. The molecule has 2 amide bonds. The van der Waals surface area contributed by atoms with E-state index in [-0.39, 0.29) is 23.5 Å². The second kappa shape index (κ2) is 9.28. The van der Waals surface area contributed by atoms with Crippen LogP contribution in [0.5, 0.6) is 5.88 Å². The first kappa shape index (κ1) is 24.9. The number of nitrogens with one attached hydrogen (secondary N) is 2. The summed E-state index contributed by atoms with van der Waals surface area (Å²) in [6.07, 6.45) is 4.21. The summed E-state index contributed by atoms with van der Waals surface area (Å²) in [5, 5.41) is 16.7. The number of carbonyl (C=O) groups is 2. The Morgan fingerprint density at radius 3 is 2.75 bits per heavy atom. The number of anilines is 1. The van der Waals surface area contributed by atoms with Crippen molar-refractivity contribution in [2.75, 3.05) is 18.5 Å². The van der Waals surface area contributed by atoms with Crippen LogP contribution in [-0.2, 0) is 17.8 Å². The van der Waals surface area contributed by atoms with Gasteiger partial charge in [0.1, 0.15) is 16.5 Å². The molecule has 11 heteroatoms. The van der Waals surface area contributed by atoms with E-state index in [9.17, 15) is 14.7 Å². The van der Waals surface area contributed by atoms with Gasteiger partial charge in [0.15, 0.2) is 5.13 Å². The van der Waals surface area contributed by atoms with Crippen LogP contribution < -0.4 is 21.1 Å². The lowest BCUT2D eigenvalue weighted by atomic mass is 9.53. The van der Waals surface area contributed by atoms with E-state index in [2.05, 4.69) is 20.6 Å². The number of nitrogens with zero attached hydrogens (tertiary/aromatic N) is 2. The molecule has 1 aliphatic heterocycles. The van der Waals surface area contributed by atoms with Crippen LogP contribution in [0.15, 0.2) is 6.07 Å². The number of fused-ring (bicyclic) bond motifs is 1. The van der Waals surface area contributed by atoms with Crippen molar-refractivity contribution in [1.29, 1.82) is 0 Å². The van der Waals surface area contributed by atoms with Crippen LogP contribution in [0.2, 0.25) is 0 Å². The van der Waals surface area contributed by atoms with Gasteiger partial charge in [-0.25, -0.2) is 9.97 Å². The number of carbonyl (C=O) groups excluding carboxylic acids is 2. The number of aliphatic hydroxyl groups is 1. The van der Waals surface area contributed by atoms with Crippen LogP contribution in [-0.4, -0.2) is 57.8 Å². The van der Waals surface area contributed by atoms with Gasteiger partial charge < -0.3 is 30.9 Å². The molecule has 1 spiro atoms. The Morgan fingerprint density at radius 2 is 2.06 bits per heavy atom. The highest BCUT2D eigenvalue weighted by atomic mass is 32.1. The van der Waals surface area contributed by atoms with E-state index in [0.717, 1.165) is 36.9 Å². The predicted molar refractivity (Wildman–Crippen MR) is 134 cm³/mol. The van der Waals surface area contributed by atoms with Crippen LogP contribution in [0.1, 0.15) is 76.5 Å². The maximum absolute atomic E-state index is 12.8. The van der Waals surface area contributed by atoms with Crippen molar-refractivity contribution < 1.29 is 24.2 Å². The quantitative estimate of drug-likeness (QED) is 0.419. The van der Waals surface area contributed by atoms with Gasteiger partial charge in [0.2, 0.25) is 5.88 Å². The zero-order valence-electron chi connectivity index (χ0n) is 20.8. The molecule has 0 saturated heterocycles. The van der Waals surface area contributed by atoms with Crippen LogP contribution in [0.3, 0.4) is 0 Å². The third-order valence-corrected chi connectivity index (χ3v) is 8.25. The molecule has 2 aromatic heterocycles. The number of hydrogen-bond donors (Lipinski definition) is 4. The molecular formula is C25H33N5O5S. The second-order valence-corrected chi connectivity index (χ2v) is 11.9. The maximum atomic E-state index is 12.8. The van der Waals surface area contributed by atoms with Crippen LogP contribution in [0.4, 0.5) is 5.13 Å². The smallest absolute Gasteiger partial charge is 0.263 e. The topological polar surface area (TPSA) is 149 Å². The Bertz CT molecular complexity index is 1180. The van der Waals surface area contributed by atoms with Gasteiger partial charge in [-0.2, -0.15) is 0 Å². The average Bonchev–Trinajstić information content (AvgIpc) is 3.14. The van der Waals surface area contributed by atoms with Gasteiger partial charge >= 0.3 is 0 Å². The molecule has 2 fully saturated rings. The summed E-state index contributed by atoms with van der Waals surface area (Å²) in [6, 6.07) is 1.87. The molecule has 2 aliphatic carbocycles. The number of aryl methyl sites for hydroxylation is 1. The molecule has 0 radical (unpaired) electrons. The van der Waals surface area contributed by atoms with Crippen molar-refractivity contribution >= 4 is 28.3 Å². The Labute approximate surface area is 214 Å². The molecule has 3 heterocycles. The molecular weight excluding hydrogens is 482 g/mol. The summed E-state index contributed by atoms with van der Waals surface area (Å²) < 4.78 is 11.6. The van der Waals surface area contributed by atoms with Crippen LogP contribution >= 0.6 is 11.3 Å². The van der Waals surface area contributed by atoms with Crippen molar-refractivity contribution in [1.82, 2.24) is 15.3 Å². The minimum absolute atomic E-state index is 0.0155. The van der Waals surface area contributed by atoms with E-state index in [4.69, 9.17) is 15.2 Å². The molecule has 3 aliphatic rings. The number of hydrogen-bond acceptors (Lipinski definition) is 9. The molecule has 0 bridgehead atoms. The number of rotatable bonds is 8. The fourth-order valence-corrected chi connectivity index (χ4v) is 6.19. The fourth-order valence-electron chi connectivity index (χ4n) is 5.33. The first-order chi connectivity index (χ1) is 17.0. The van der Waals surface area contributed by atoms with Gasteiger partial charge in [-0.3, -0.25) is 9.59 Å². The lowest BCUT2D eigenvalue weighted by Gasteiger charge is -2.57. The molecule has 36 heavy (non-hydrogen) atoms. The molecule has 10 nitrogen and oxygen atoms in total. The van der Waals surface area contributed by atoms with E-state index < -0.39 is 11.5 Å². The van der Waals surface area contributed by atoms with E-state index in [1.807, 2.05) is 6.92 Å². The van der Waals surface area contributed by atoms with Gasteiger partial charge in [0.25, 0.3) is 11.8 Å². The predicted octanol–water partition coefficient (Wildman–Crippen LogP) is 2.32. The number of nitrogens with two attached hydrogens (primary N) is 1. The molecule has 0 unspecified atom stereocenters. The number of thiazole rings is 1. The number of ether oxygens (including phenoxy) is 2. The van der Waals surface area contributed by atoms with Gasteiger partial charge in [0, 0.05) is 24.6 Å². The number of pyridine rings is 1. The minimum atomic E-state index is -0.862. The zero-order valence-corrected chi connectivity index (χ0v) is 21.7. The normalized spacial score (nSPS) is 24.9. The summed E-state index contributed by atoms with van der Waals surface area (Å²) in [7, 11) is 0. The zero-order chi connectivity index (χ0) is 25.7. The number of amides is 2. The van der Waals surface area contributed by atoms with E-state index >= 15 is 0 Å². The minimum Gasteiger partial charge on any atom is -0.474 e. The van der Waals surface area contributed by atoms with Gasteiger partial charge in [0.05, 0.1) is 30.2 Å². The molecule has 0 atom stereocenters. The first-order valence-electron chi connectivity index (χ1n) is 12.3. The lowest BCUT2D eigenvalue weighted by Crippen LogP contribution is -2.58. The molecule has 2 aromatic rings. The summed E-state index contributed by atoms with van der Waals surface area (Å²) >= 11 is 1.30. The second-order valence-electron chi connectivity index (χ2n) is 10.9. The molecule has 194 valence electrons. The first-order valence-corrected chi connectivity index (χ1v) is 13.1. The Balaban J connectivity index is 1.12. The SMILES string of the molecule is Cc1nc(NCC(C)(C)O)sc1C(=O)N[C@H]1CC2(C1)C[C@H](Oc1nc3c(cc1C(N)=O)COCC3)C2. The number of primary amides is 1.